The summed E-state index contributed by atoms with van der Waals surface area (Å²) in [7, 11) is 0. The molecule has 0 aromatic heterocycles. The maximum absolute atomic E-state index is 11.5. The summed E-state index contributed by atoms with van der Waals surface area (Å²) < 4.78 is 0. The zero-order valence-corrected chi connectivity index (χ0v) is 15.4. The van der Waals surface area contributed by atoms with Crippen molar-refractivity contribution in [2.24, 2.45) is 5.10 Å². The van der Waals surface area contributed by atoms with Gasteiger partial charge in [-0.2, -0.15) is 20.8 Å². The van der Waals surface area contributed by atoms with Crippen LogP contribution >= 0.6 is 0 Å². The first-order valence-corrected chi connectivity index (χ1v) is 8.70. The van der Waals surface area contributed by atoms with Crippen molar-refractivity contribution in [3.8, 4) is 0 Å². The second-order valence-corrected chi connectivity index (χ2v) is 6.19. The van der Waals surface area contributed by atoms with Gasteiger partial charge in [-0.05, 0) is 18.2 Å². The lowest BCUT2D eigenvalue weighted by molar-refractivity contribution is -0.996. The van der Waals surface area contributed by atoms with Crippen LogP contribution in [0.2, 0.25) is 0 Å². The predicted octanol–water partition coefficient (Wildman–Crippen LogP) is -0.239. The summed E-state index contributed by atoms with van der Waals surface area (Å²) in [6.45, 7) is 0. The number of rotatable bonds is 7. The molecular weight excluding hydrogens is 394 g/mol. The van der Waals surface area contributed by atoms with E-state index in [2.05, 4.69) is 10.5 Å². The summed E-state index contributed by atoms with van der Waals surface area (Å²) in [5.74, 6) is 0. The van der Waals surface area contributed by atoms with E-state index in [4.69, 9.17) is 10.4 Å². The molecule has 0 aliphatic carbocycles. The van der Waals surface area contributed by atoms with Crippen LogP contribution in [0.25, 0.3) is 0 Å². The van der Waals surface area contributed by atoms with Gasteiger partial charge in [-0.15, -0.1) is 0 Å². The van der Waals surface area contributed by atoms with Crippen LogP contribution in [0, 0.1) is 15.6 Å². The molecule has 0 amide bonds. The highest BCUT2D eigenvalue weighted by Gasteiger charge is 2.15. The Kier molecular flexibility index (Phi) is 6.81. The summed E-state index contributed by atoms with van der Waals surface area (Å²) >= 11 is 0. The van der Waals surface area contributed by atoms with Gasteiger partial charge in [0.25, 0.3) is 0 Å². The van der Waals surface area contributed by atoms with Crippen LogP contribution in [-0.2, 0) is 0 Å². The van der Waals surface area contributed by atoms with Gasteiger partial charge in [0.1, 0.15) is 5.69 Å². The molecule has 0 spiro atoms. The van der Waals surface area contributed by atoms with E-state index in [0.717, 1.165) is 6.07 Å². The third kappa shape index (κ3) is 5.03. The molecular formula is C19H19N5O6. The number of anilines is 1. The van der Waals surface area contributed by atoms with Gasteiger partial charge in [-0.1, -0.05) is 30.3 Å². The number of hydrogen-bond donors (Lipinski definition) is 7. The Morgan fingerprint density at radius 2 is 1.27 bits per heavy atom. The lowest BCUT2D eigenvalue weighted by Crippen LogP contribution is -3.00. The largest absolute Gasteiger partial charge is 0.595 e. The molecule has 0 aliphatic rings. The fraction of sp³-hybridized carbons (Fsp3) is 0. The van der Waals surface area contributed by atoms with Crippen molar-refractivity contribution in [3.05, 3.63) is 99.5 Å². The second-order valence-electron chi connectivity index (χ2n) is 6.19. The predicted molar refractivity (Wildman–Crippen MR) is 106 cm³/mol. The minimum atomic E-state index is -1.30. The standard InChI is InChI=1S/C19H19N5O6/c25-22(26)15-8-6-14(7-9-15)19(13-4-2-1-3-5-13)21-20-17-11-10-16(23(27)28)12-18(17)24(29)30/h1-12,20,22-25,27,29H. The average Bonchev–Trinajstić information content (AvgIpc) is 2.74. The fourth-order valence-corrected chi connectivity index (χ4v) is 2.73. The van der Waals surface area contributed by atoms with E-state index < -0.39 is 15.7 Å². The van der Waals surface area contributed by atoms with E-state index in [1.54, 1.807) is 36.4 Å². The molecule has 0 heterocycles. The minimum Gasteiger partial charge on any atom is -0.595 e. The van der Waals surface area contributed by atoms with Gasteiger partial charge in [0.2, 0.25) is 0 Å². The van der Waals surface area contributed by atoms with Crippen LogP contribution in [0.4, 0.5) is 22.7 Å². The van der Waals surface area contributed by atoms with Gasteiger partial charge in [0, 0.05) is 29.3 Å². The molecule has 7 N–H and O–H groups in total. The van der Waals surface area contributed by atoms with Gasteiger partial charge in [-0.3, -0.25) is 5.43 Å². The Morgan fingerprint density at radius 3 is 1.83 bits per heavy atom. The molecule has 0 saturated carbocycles. The molecule has 3 rings (SSSR count). The van der Waals surface area contributed by atoms with Crippen molar-refractivity contribution >= 4 is 28.5 Å². The Morgan fingerprint density at radius 1 is 0.700 bits per heavy atom. The van der Waals surface area contributed by atoms with Crippen molar-refractivity contribution in [1.29, 1.82) is 0 Å². The summed E-state index contributed by atoms with van der Waals surface area (Å²) in [5, 5.41) is 62.1. The van der Waals surface area contributed by atoms with Crippen LogP contribution in [0.15, 0.2) is 77.9 Å². The normalized spacial score (nSPS) is 14.8. The average molecular weight is 413 g/mol. The van der Waals surface area contributed by atoms with E-state index in [1.807, 2.05) is 6.07 Å². The molecule has 0 radical (unpaired) electrons. The van der Waals surface area contributed by atoms with Gasteiger partial charge < -0.3 is 15.6 Å². The zero-order valence-electron chi connectivity index (χ0n) is 15.4. The lowest BCUT2D eigenvalue weighted by atomic mass is 10.0. The smallest absolute Gasteiger partial charge is 0.195 e. The maximum Gasteiger partial charge on any atom is 0.195 e. The fourth-order valence-electron chi connectivity index (χ4n) is 2.73. The first kappa shape index (κ1) is 21.5. The number of quaternary nitrogens is 3. The Labute approximate surface area is 170 Å². The molecule has 156 valence electrons. The molecule has 3 aromatic rings. The minimum absolute atomic E-state index is 0.114. The maximum atomic E-state index is 11.5. The van der Waals surface area contributed by atoms with Gasteiger partial charge in [0.15, 0.2) is 17.1 Å². The number of hydrogen-bond acceptors (Lipinski definition) is 8. The highest BCUT2D eigenvalue weighted by Crippen LogP contribution is 2.22. The quantitative estimate of drug-likeness (QED) is 0.207. The van der Waals surface area contributed by atoms with E-state index >= 15 is 0 Å². The highest BCUT2D eigenvalue weighted by atomic mass is 16.8. The monoisotopic (exact) mass is 413 g/mol. The Hall–Kier alpha value is -3.23. The second kappa shape index (κ2) is 9.51. The molecule has 0 saturated heterocycles. The van der Waals surface area contributed by atoms with Gasteiger partial charge in [0.05, 0.1) is 11.8 Å². The molecule has 11 nitrogen and oxygen atoms in total. The van der Waals surface area contributed by atoms with Crippen LogP contribution in [0.5, 0.6) is 0 Å². The molecule has 11 heteroatoms. The van der Waals surface area contributed by atoms with Crippen molar-refractivity contribution in [1.82, 2.24) is 0 Å². The molecule has 3 aromatic carbocycles. The van der Waals surface area contributed by atoms with Crippen molar-refractivity contribution in [2.75, 3.05) is 5.43 Å². The summed E-state index contributed by atoms with van der Waals surface area (Å²) in [4.78, 5) is 0. The molecule has 30 heavy (non-hydrogen) atoms. The third-order valence-electron chi connectivity index (χ3n) is 4.24. The molecule has 0 aliphatic heterocycles. The van der Waals surface area contributed by atoms with Crippen LogP contribution in [0.3, 0.4) is 0 Å². The van der Waals surface area contributed by atoms with Crippen LogP contribution < -0.4 is 21.1 Å². The van der Waals surface area contributed by atoms with E-state index in [-0.39, 0.29) is 22.7 Å². The SMILES string of the molecule is [O-][NH+](O)c1ccc(C(=NNc2ccc([NH+]([O-])O)cc2[NH+]([O-])O)c2ccccc2)cc1. The van der Waals surface area contributed by atoms with E-state index in [9.17, 15) is 20.8 Å². The van der Waals surface area contributed by atoms with E-state index in [0.29, 0.717) is 16.8 Å². The van der Waals surface area contributed by atoms with Crippen LogP contribution in [0.1, 0.15) is 11.1 Å². The lowest BCUT2D eigenvalue weighted by Gasteiger charge is -2.18. The first-order chi connectivity index (χ1) is 14.4. The molecule has 3 atom stereocenters. The number of nitrogens with one attached hydrogen (secondary N) is 4. The highest BCUT2D eigenvalue weighted by molar-refractivity contribution is 6.13. The van der Waals surface area contributed by atoms with Crippen molar-refractivity contribution in [2.45, 2.75) is 0 Å². The number of nitrogens with zero attached hydrogens (tertiary/aromatic N) is 1. The first-order valence-electron chi connectivity index (χ1n) is 8.70. The van der Waals surface area contributed by atoms with Gasteiger partial charge in [-0.25, -0.2) is 15.6 Å². The Balaban J connectivity index is 2.01. The van der Waals surface area contributed by atoms with E-state index in [1.165, 1.54) is 24.3 Å². The topological polar surface area (TPSA) is 168 Å². The summed E-state index contributed by atoms with van der Waals surface area (Å²) in [6, 6.07) is 18.8. The van der Waals surface area contributed by atoms with Crippen molar-refractivity contribution in [3.63, 3.8) is 0 Å². The molecule has 3 unspecified atom stereocenters. The van der Waals surface area contributed by atoms with Crippen LogP contribution in [-0.4, -0.2) is 21.3 Å². The summed E-state index contributed by atoms with van der Waals surface area (Å²) in [6.07, 6.45) is 0. The Bertz CT molecular complexity index is 1010. The van der Waals surface area contributed by atoms with Crippen molar-refractivity contribution < 1.29 is 31.3 Å². The van der Waals surface area contributed by atoms with Gasteiger partial charge >= 0.3 is 0 Å². The molecule has 0 fully saturated rings. The number of hydrazone groups is 1. The third-order valence-corrected chi connectivity index (χ3v) is 4.24. The summed E-state index contributed by atoms with van der Waals surface area (Å²) in [5.41, 5.74) is 4.30. The number of benzene rings is 3. The molecule has 0 bridgehead atoms. The zero-order chi connectivity index (χ0) is 21.7.